The standard InChI is InChI=1S/C25H22N2O3/c1-29-19-10-6-16(7-11-19)22-21-5-3-4-18-14-15-27(24(18)21)25(28)26-23(22)17-8-12-20(30-2)13-9-17/h3-13H,14-15H2,1-2H3,(H,26,28). The third-order valence-electron chi connectivity index (χ3n) is 5.75. The molecule has 5 rings (SSSR count). The van der Waals surface area contributed by atoms with Gasteiger partial charge in [0.25, 0.3) is 0 Å². The van der Waals surface area contributed by atoms with Crippen LogP contribution in [-0.4, -0.2) is 26.8 Å². The molecule has 2 aliphatic rings. The number of hydrogen-bond acceptors (Lipinski definition) is 3. The van der Waals surface area contributed by atoms with Crippen LogP contribution < -0.4 is 19.7 Å². The van der Waals surface area contributed by atoms with Crippen molar-refractivity contribution in [1.82, 2.24) is 5.32 Å². The van der Waals surface area contributed by atoms with Gasteiger partial charge in [-0.15, -0.1) is 0 Å². The molecule has 30 heavy (non-hydrogen) atoms. The number of nitrogens with one attached hydrogen (secondary N) is 1. The molecular formula is C25H22N2O3. The Labute approximate surface area is 175 Å². The van der Waals surface area contributed by atoms with Gasteiger partial charge in [-0.25, -0.2) is 4.79 Å². The lowest BCUT2D eigenvalue weighted by Crippen LogP contribution is -2.37. The van der Waals surface area contributed by atoms with Crippen molar-refractivity contribution < 1.29 is 14.3 Å². The molecule has 0 atom stereocenters. The average Bonchev–Trinajstić information content (AvgIpc) is 3.19. The SMILES string of the molecule is COc1ccc(C2=C(c3ccc(OC)cc3)c3cccc4c3N(CC4)C(=O)N2)cc1. The Kier molecular flexibility index (Phi) is 4.43. The second-order valence-electron chi connectivity index (χ2n) is 7.35. The number of para-hydroxylation sites is 1. The highest BCUT2D eigenvalue weighted by molar-refractivity contribution is 6.13. The van der Waals surface area contributed by atoms with E-state index in [0.29, 0.717) is 6.54 Å². The molecule has 0 spiro atoms. The van der Waals surface area contributed by atoms with E-state index >= 15 is 0 Å². The number of carbonyl (C=O) groups excluding carboxylic acids is 1. The van der Waals surface area contributed by atoms with E-state index in [0.717, 1.165) is 51.6 Å². The minimum atomic E-state index is -0.101. The van der Waals surface area contributed by atoms with Crippen molar-refractivity contribution in [2.45, 2.75) is 6.42 Å². The minimum Gasteiger partial charge on any atom is -0.497 e. The lowest BCUT2D eigenvalue weighted by molar-refractivity contribution is 0.250. The summed E-state index contributed by atoms with van der Waals surface area (Å²) in [6.45, 7) is 0.684. The first-order chi connectivity index (χ1) is 14.7. The third-order valence-corrected chi connectivity index (χ3v) is 5.75. The summed E-state index contributed by atoms with van der Waals surface area (Å²) in [5.41, 5.74) is 6.99. The molecule has 0 fully saturated rings. The molecule has 3 aromatic rings. The van der Waals surface area contributed by atoms with Crippen molar-refractivity contribution in [2.24, 2.45) is 0 Å². The van der Waals surface area contributed by atoms with Gasteiger partial charge < -0.3 is 14.8 Å². The lowest BCUT2D eigenvalue weighted by Gasteiger charge is -2.17. The summed E-state index contributed by atoms with van der Waals surface area (Å²) in [6, 6.07) is 21.9. The molecule has 0 aliphatic carbocycles. The number of ether oxygens (including phenoxy) is 2. The fourth-order valence-corrected chi connectivity index (χ4v) is 4.26. The Morgan fingerprint density at radius 2 is 1.47 bits per heavy atom. The van der Waals surface area contributed by atoms with Crippen molar-refractivity contribution in [3.63, 3.8) is 0 Å². The number of amides is 2. The van der Waals surface area contributed by atoms with E-state index in [1.54, 1.807) is 14.2 Å². The van der Waals surface area contributed by atoms with Crippen LogP contribution >= 0.6 is 0 Å². The van der Waals surface area contributed by atoms with Crippen LogP contribution in [0.1, 0.15) is 22.3 Å². The van der Waals surface area contributed by atoms with Crippen LogP contribution in [0.25, 0.3) is 11.3 Å². The molecule has 2 heterocycles. The minimum absolute atomic E-state index is 0.101. The fourth-order valence-electron chi connectivity index (χ4n) is 4.26. The third kappa shape index (κ3) is 2.90. The zero-order valence-corrected chi connectivity index (χ0v) is 16.9. The molecule has 2 amide bonds. The Bertz CT molecular complexity index is 1150. The van der Waals surface area contributed by atoms with Gasteiger partial charge in [-0.1, -0.05) is 30.3 Å². The zero-order valence-electron chi connectivity index (χ0n) is 16.9. The van der Waals surface area contributed by atoms with E-state index in [4.69, 9.17) is 9.47 Å². The van der Waals surface area contributed by atoms with Gasteiger partial charge in [-0.2, -0.15) is 0 Å². The predicted octanol–water partition coefficient (Wildman–Crippen LogP) is 4.71. The normalized spacial score (nSPS) is 14.9. The summed E-state index contributed by atoms with van der Waals surface area (Å²) >= 11 is 0. The van der Waals surface area contributed by atoms with Crippen LogP contribution in [0.2, 0.25) is 0 Å². The van der Waals surface area contributed by atoms with E-state index in [2.05, 4.69) is 23.5 Å². The highest BCUT2D eigenvalue weighted by atomic mass is 16.5. The van der Waals surface area contributed by atoms with Gasteiger partial charge in [0.2, 0.25) is 0 Å². The largest absolute Gasteiger partial charge is 0.497 e. The number of methoxy groups -OCH3 is 2. The van der Waals surface area contributed by atoms with Gasteiger partial charge in [0.15, 0.2) is 0 Å². The van der Waals surface area contributed by atoms with Crippen LogP contribution in [0, 0.1) is 0 Å². The summed E-state index contributed by atoms with van der Waals surface area (Å²) in [7, 11) is 3.30. The molecule has 3 aromatic carbocycles. The van der Waals surface area contributed by atoms with E-state index in [-0.39, 0.29) is 6.03 Å². The number of carbonyl (C=O) groups is 1. The molecule has 0 unspecified atom stereocenters. The van der Waals surface area contributed by atoms with Gasteiger partial charge in [0.1, 0.15) is 11.5 Å². The van der Waals surface area contributed by atoms with Gasteiger partial charge in [-0.3, -0.25) is 4.90 Å². The summed E-state index contributed by atoms with van der Waals surface area (Å²) in [4.78, 5) is 15.0. The van der Waals surface area contributed by atoms with Crippen molar-refractivity contribution in [3.8, 4) is 11.5 Å². The predicted molar refractivity (Wildman–Crippen MR) is 118 cm³/mol. The van der Waals surface area contributed by atoms with Gasteiger partial charge in [0, 0.05) is 17.7 Å². The smallest absolute Gasteiger partial charge is 0.326 e. The lowest BCUT2D eigenvalue weighted by atomic mass is 9.91. The first kappa shape index (κ1) is 18.3. The number of hydrogen-bond donors (Lipinski definition) is 1. The highest BCUT2D eigenvalue weighted by Gasteiger charge is 2.33. The molecule has 150 valence electrons. The Morgan fingerprint density at radius 3 is 2.10 bits per heavy atom. The zero-order chi connectivity index (χ0) is 20.7. The summed E-state index contributed by atoms with van der Waals surface area (Å²) in [6.07, 6.45) is 0.865. The molecule has 5 nitrogen and oxygen atoms in total. The number of benzene rings is 3. The Balaban J connectivity index is 1.79. The topological polar surface area (TPSA) is 50.8 Å². The maximum absolute atomic E-state index is 13.2. The van der Waals surface area contributed by atoms with E-state index in [1.807, 2.05) is 53.4 Å². The molecule has 1 N–H and O–H groups in total. The number of anilines is 1. The van der Waals surface area contributed by atoms with Crippen molar-refractivity contribution in [3.05, 3.63) is 89.0 Å². The second kappa shape index (κ2) is 7.26. The van der Waals surface area contributed by atoms with Crippen LogP contribution in [-0.2, 0) is 6.42 Å². The van der Waals surface area contributed by atoms with Crippen molar-refractivity contribution in [1.29, 1.82) is 0 Å². The summed E-state index contributed by atoms with van der Waals surface area (Å²) in [5, 5.41) is 3.19. The second-order valence-corrected chi connectivity index (χ2v) is 7.35. The Hall–Kier alpha value is -3.73. The first-order valence-electron chi connectivity index (χ1n) is 9.93. The first-order valence-corrected chi connectivity index (χ1v) is 9.93. The van der Waals surface area contributed by atoms with E-state index in [9.17, 15) is 4.79 Å². The molecular weight excluding hydrogens is 376 g/mol. The van der Waals surface area contributed by atoms with Crippen molar-refractivity contribution >= 4 is 23.0 Å². The van der Waals surface area contributed by atoms with Crippen LogP contribution in [0.3, 0.4) is 0 Å². The molecule has 5 heteroatoms. The molecule has 0 bridgehead atoms. The monoisotopic (exact) mass is 398 g/mol. The maximum Gasteiger partial charge on any atom is 0.326 e. The summed E-state index contributed by atoms with van der Waals surface area (Å²) in [5.74, 6) is 1.57. The van der Waals surface area contributed by atoms with E-state index < -0.39 is 0 Å². The van der Waals surface area contributed by atoms with Gasteiger partial charge >= 0.3 is 6.03 Å². The molecule has 0 saturated heterocycles. The van der Waals surface area contributed by atoms with E-state index in [1.165, 1.54) is 5.56 Å². The average molecular weight is 398 g/mol. The maximum atomic E-state index is 13.2. The van der Waals surface area contributed by atoms with Gasteiger partial charge in [0.05, 0.1) is 25.6 Å². The number of urea groups is 1. The molecule has 2 aliphatic heterocycles. The van der Waals surface area contributed by atoms with Crippen molar-refractivity contribution in [2.75, 3.05) is 25.7 Å². The quantitative estimate of drug-likeness (QED) is 0.693. The van der Waals surface area contributed by atoms with Gasteiger partial charge in [-0.05, 0) is 59.5 Å². The fraction of sp³-hybridized carbons (Fsp3) is 0.160. The van der Waals surface area contributed by atoms with Crippen LogP contribution in [0.5, 0.6) is 11.5 Å². The molecule has 0 radical (unpaired) electrons. The number of rotatable bonds is 4. The van der Waals surface area contributed by atoms with Crippen LogP contribution in [0.4, 0.5) is 10.5 Å². The number of nitrogens with zero attached hydrogens (tertiary/aromatic N) is 1. The summed E-state index contributed by atoms with van der Waals surface area (Å²) < 4.78 is 10.7. The Morgan fingerprint density at radius 1 is 0.833 bits per heavy atom. The molecule has 0 aromatic heterocycles. The highest BCUT2D eigenvalue weighted by Crippen LogP contribution is 2.43. The molecule has 0 saturated carbocycles. The van der Waals surface area contributed by atoms with Crippen LogP contribution in [0.15, 0.2) is 66.7 Å².